The van der Waals surface area contributed by atoms with E-state index in [1.54, 1.807) is 0 Å². The minimum Gasteiger partial charge on any atom is -0.350 e. The number of hydrogen-bond acceptors (Lipinski definition) is 4. The molecule has 0 unspecified atom stereocenters. The summed E-state index contributed by atoms with van der Waals surface area (Å²) in [4.78, 5) is 11.7. The Balaban J connectivity index is 1.56. The summed E-state index contributed by atoms with van der Waals surface area (Å²) in [6.07, 6.45) is 5.00. The molecule has 0 spiro atoms. The number of carbonyl (C=O) groups excluding carboxylic acids is 1. The molecule has 98 valence electrons. The van der Waals surface area contributed by atoms with E-state index in [2.05, 4.69) is 39.0 Å². The minimum absolute atomic E-state index is 0.0900. The number of nitrogens with one attached hydrogen (secondary N) is 1. The van der Waals surface area contributed by atoms with Crippen LogP contribution in [0.15, 0.2) is 24.5 Å². The fourth-order valence-electron chi connectivity index (χ4n) is 2.39. The second-order valence-electron chi connectivity index (χ2n) is 4.74. The summed E-state index contributed by atoms with van der Waals surface area (Å²) < 4.78 is 1.40. The summed E-state index contributed by atoms with van der Waals surface area (Å²) >= 11 is 0. The van der Waals surface area contributed by atoms with Gasteiger partial charge >= 0.3 is 0 Å². The molecule has 2 aromatic rings. The van der Waals surface area contributed by atoms with E-state index in [1.165, 1.54) is 35.0 Å². The van der Waals surface area contributed by atoms with Crippen LogP contribution in [-0.4, -0.2) is 26.1 Å². The van der Waals surface area contributed by atoms with Gasteiger partial charge in [0.05, 0.1) is 0 Å². The number of aryl methyl sites for hydroxylation is 2. The molecule has 3 rings (SSSR count). The number of carbonyl (C=O) groups is 1. The van der Waals surface area contributed by atoms with Crippen LogP contribution < -0.4 is 5.32 Å². The summed E-state index contributed by atoms with van der Waals surface area (Å²) in [5.41, 5.74) is 4.02. The fraction of sp³-hybridized carbons (Fsp3) is 0.385. The number of benzene rings is 1. The van der Waals surface area contributed by atoms with Gasteiger partial charge in [-0.2, -0.15) is 0 Å². The van der Waals surface area contributed by atoms with Crippen molar-refractivity contribution in [3.05, 3.63) is 41.2 Å². The standard InChI is InChI=1S/C13H15N5O/c19-13(8-18-9-15-16-17-18)14-7-10-4-5-11-2-1-3-12(11)6-10/h4-6,9H,1-3,7-8H2,(H,14,19). The molecule has 1 N–H and O–H groups in total. The van der Waals surface area contributed by atoms with Crippen molar-refractivity contribution in [2.75, 3.05) is 0 Å². The van der Waals surface area contributed by atoms with E-state index in [4.69, 9.17) is 0 Å². The lowest BCUT2D eigenvalue weighted by Gasteiger charge is -2.07. The molecule has 1 aromatic carbocycles. The Morgan fingerprint density at radius 2 is 2.21 bits per heavy atom. The Bertz CT molecular complexity index is 579. The highest BCUT2D eigenvalue weighted by Gasteiger charge is 2.11. The van der Waals surface area contributed by atoms with Crippen LogP contribution >= 0.6 is 0 Å². The number of amides is 1. The first-order chi connectivity index (χ1) is 9.31. The predicted octanol–water partition coefficient (Wildman–Crippen LogP) is 0.478. The van der Waals surface area contributed by atoms with Crippen molar-refractivity contribution in [2.45, 2.75) is 32.4 Å². The van der Waals surface area contributed by atoms with Crippen LogP contribution in [0, 0.1) is 0 Å². The van der Waals surface area contributed by atoms with Gasteiger partial charge in [-0.3, -0.25) is 4.79 Å². The third-order valence-corrected chi connectivity index (χ3v) is 3.35. The van der Waals surface area contributed by atoms with E-state index in [-0.39, 0.29) is 12.5 Å². The zero-order valence-electron chi connectivity index (χ0n) is 10.5. The van der Waals surface area contributed by atoms with Gasteiger partial charge in [0, 0.05) is 6.54 Å². The molecule has 6 heteroatoms. The van der Waals surface area contributed by atoms with E-state index in [0.717, 1.165) is 12.0 Å². The molecule has 19 heavy (non-hydrogen) atoms. The Kier molecular flexibility index (Phi) is 3.22. The summed E-state index contributed by atoms with van der Waals surface area (Å²) in [6.45, 7) is 0.701. The highest BCUT2D eigenvalue weighted by Crippen LogP contribution is 2.22. The Labute approximate surface area is 110 Å². The van der Waals surface area contributed by atoms with Gasteiger partial charge in [0.25, 0.3) is 0 Å². The first kappa shape index (κ1) is 11.8. The third kappa shape index (κ3) is 2.78. The number of aromatic nitrogens is 4. The van der Waals surface area contributed by atoms with Crippen molar-refractivity contribution in [3.8, 4) is 0 Å². The molecule has 0 radical (unpaired) electrons. The molecule has 1 aliphatic rings. The quantitative estimate of drug-likeness (QED) is 0.864. The molecule has 0 bridgehead atoms. The number of tetrazole rings is 1. The molecule has 0 saturated heterocycles. The van der Waals surface area contributed by atoms with E-state index >= 15 is 0 Å². The molecule has 1 amide bonds. The van der Waals surface area contributed by atoms with Crippen molar-refractivity contribution >= 4 is 5.91 Å². The molecule has 1 heterocycles. The second kappa shape index (κ2) is 5.17. The van der Waals surface area contributed by atoms with Crippen molar-refractivity contribution in [1.29, 1.82) is 0 Å². The first-order valence-corrected chi connectivity index (χ1v) is 6.39. The van der Waals surface area contributed by atoms with Gasteiger partial charge in [-0.1, -0.05) is 18.2 Å². The van der Waals surface area contributed by atoms with E-state index in [0.29, 0.717) is 6.54 Å². The lowest BCUT2D eigenvalue weighted by Crippen LogP contribution is -2.27. The minimum atomic E-state index is -0.0900. The molecule has 6 nitrogen and oxygen atoms in total. The van der Waals surface area contributed by atoms with Crippen LogP contribution in [0.3, 0.4) is 0 Å². The lowest BCUT2D eigenvalue weighted by molar-refractivity contribution is -0.122. The Morgan fingerprint density at radius 1 is 1.32 bits per heavy atom. The average Bonchev–Trinajstić information content (AvgIpc) is 3.06. The zero-order valence-corrected chi connectivity index (χ0v) is 10.5. The van der Waals surface area contributed by atoms with Crippen molar-refractivity contribution in [1.82, 2.24) is 25.5 Å². The summed E-state index contributed by atoms with van der Waals surface area (Å²) in [6, 6.07) is 6.45. The van der Waals surface area contributed by atoms with Crippen molar-refractivity contribution < 1.29 is 4.79 Å². The van der Waals surface area contributed by atoms with Gasteiger partial charge in [-0.15, -0.1) is 5.10 Å². The highest BCUT2D eigenvalue weighted by molar-refractivity contribution is 5.75. The van der Waals surface area contributed by atoms with Crippen molar-refractivity contribution in [3.63, 3.8) is 0 Å². The molecular formula is C13H15N5O. The van der Waals surface area contributed by atoms with Gasteiger partial charge in [-0.25, -0.2) is 4.68 Å². The van der Waals surface area contributed by atoms with Crippen LogP contribution in [-0.2, 0) is 30.7 Å². The van der Waals surface area contributed by atoms with Gasteiger partial charge in [0.1, 0.15) is 12.9 Å². The number of hydrogen-bond donors (Lipinski definition) is 1. The van der Waals surface area contributed by atoms with Crippen LogP contribution in [0.4, 0.5) is 0 Å². The molecule has 0 fully saturated rings. The predicted molar refractivity (Wildman–Crippen MR) is 68.1 cm³/mol. The van der Waals surface area contributed by atoms with Gasteiger partial charge in [0.2, 0.25) is 5.91 Å². The van der Waals surface area contributed by atoms with Gasteiger partial charge in [-0.05, 0) is 46.4 Å². The lowest BCUT2D eigenvalue weighted by atomic mass is 10.1. The van der Waals surface area contributed by atoms with E-state index in [1.807, 2.05) is 0 Å². The van der Waals surface area contributed by atoms with Crippen LogP contribution in [0.2, 0.25) is 0 Å². The monoisotopic (exact) mass is 257 g/mol. The molecule has 0 saturated carbocycles. The van der Waals surface area contributed by atoms with Crippen LogP contribution in [0.5, 0.6) is 0 Å². The SMILES string of the molecule is O=C(Cn1cnnn1)NCc1ccc2c(c1)CCC2. The molecule has 1 aliphatic carbocycles. The average molecular weight is 257 g/mol. The summed E-state index contributed by atoms with van der Waals surface area (Å²) in [5.74, 6) is -0.0900. The van der Waals surface area contributed by atoms with Crippen LogP contribution in [0.25, 0.3) is 0 Å². The number of rotatable bonds is 4. The largest absolute Gasteiger partial charge is 0.350 e. The normalized spacial score (nSPS) is 13.3. The van der Waals surface area contributed by atoms with Gasteiger partial charge in [0.15, 0.2) is 0 Å². The second-order valence-corrected chi connectivity index (χ2v) is 4.74. The maximum Gasteiger partial charge on any atom is 0.242 e. The van der Waals surface area contributed by atoms with E-state index in [9.17, 15) is 4.79 Å². The molecule has 0 aliphatic heterocycles. The summed E-state index contributed by atoms with van der Waals surface area (Å²) in [5, 5.41) is 13.5. The maximum absolute atomic E-state index is 11.7. The van der Waals surface area contributed by atoms with Crippen LogP contribution in [0.1, 0.15) is 23.1 Å². The smallest absolute Gasteiger partial charge is 0.242 e. The Hall–Kier alpha value is -2.24. The summed E-state index contributed by atoms with van der Waals surface area (Å²) in [7, 11) is 0. The topological polar surface area (TPSA) is 72.7 Å². The Morgan fingerprint density at radius 3 is 3.05 bits per heavy atom. The zero-order chi connectivity index (χ0) is 13.1. The van der Waals surface area contributed by atoms with E-state index < -0.39 is 0 Å². The van der Waals surface area contributed by atoms with Crippen molar-refractivity contribution in [2.24, 2.45) is 0 Å². The number of fused-ring (bicyclic) bond motifs is 1. The number of nitrogens with zero attached hydrogens (tertiary/aromatic N) is 4. The fourth-order valence-corrected chi connectivity index (χ4v) is 2.39. The molecular weight excluding hydrogens is 242 g/mol. The highest BCUT2D eigenvalue weighted by atomic mass is 16.2. The third-order valence-electron chi connectivity index (χ3n) is 3.35. The first-order valence-electron chi connectivity index (χ1n) is 6.39. The molecule has 1 aromatic heterocycles. The maximum atomic E-state index is 11.7. The molecule has 0 atom stereocenters. The van der Waals surface area contributed by atoms with Gasteiger partial charge < -0.3 is 5.32 Å².